The number of methoxy groups -OCH3 is 1. The summed E-state index contributed by atoms with van der Waals surface area (Å²) in [6.07, 6.45) is 6.46. The average molecular weight is 380 g/mol. The summed E-state index contributed by atoms with van der Waals surface area (Å²) in [6, 6.07) is 1.08. The number of hydrogen-bond acceptors (Lipinski definition) is 6. The van der Waals surface area contributed by atoms with Gasteiger partial charge in [-0.25, -0.2) is 0 Å². The molecule has 27 heavy (non-hydrogen) atoms. The van der Waals surface area contributed by atoms with Crippen LogP contribution >= 0.6 is 0 Å². The predicted molar refractivity (Wildman–Crippen MR) is 101 cm³/mol. The summed E-state index contributed by atoms with van der Waals surface area (Å²) in [5.41, 5.74) is 0. The Labute approximate surface area is 161 Å². The fourth-order valence-electron chi connectivity index (χ4n) is 4.12. The highest BCUT2D eigenvalue weighted by Crippen LogP contribution is 2.28. The zero-order valence-electron chi connectivity index (χ0n) is 16.7. The van der Waals surface area contributed by atoms with E-state index in [1.165, 1.54) is 0 Å². The van der Waals surface area contributed by atoms with E-state index in [0.29, 0.717) is 18.6 Å². The van der Waals surface area contributed by atoms with Crippen LogP contribution in [0.3, 0.4) is 0 Å². The van der Waals surface area contributed by atoms with Gasteiger partial charge in [0.25, 0.3) is 0 Å². The normalized spacial score (nSPS) is 27.0. The van der Waals surface area contributed by atoms with E-state index in [1.54, 1.807) is 13.4 Å². The molecule has 1 amide bonds. The molecule has 0 bridgehead atoms. The highest BCUT2D eigenvalue weighted by molar-refractivity contribution is 5.78. The Morgan fingerprint density at radius 1 is 1.33 bits per heavy atom. The number of aromatic nitrogens is 3. The van der Waals surface area contributed by atoms with E-state index in [9.17, 15) is 4.79 Å². The number of nitrogens with zero attached hydrogens (tertiary/aromatic N) is 3. The van der Waals surface area contributed by atoms with Gasteiger partial charge in [-0.3, -0.25) is 4.79 Å². The molecule has 2 N–H and O–H groups in total. The van der Waals surface area contributed by atoms with E-state index in [-0.39, 0.29) is 24.0 Å². The van der Waals surface area contributed by atoms with E-state index >= 15 is 0 Å². The van der Waals surface area contributed by atoms with E-state index in [1.807, 2.05) is 4.57 Å². The maximum absolute atomic E-state index is 12.7. The number of hydrogen-bond donors (Lipinski definition) is 2. The van der Waals surface area contributed by atoms with Gasteiger partial charge in [0.2, 0.25) is 5.91 Å². The van der Waals surface area contributed by atoms with Crippen LogP contribution in [0.5, 0.6) is 0 Å². The maximum Gasteiger partial charge on any atom is 0.223 e. The van der Waals surface area contributed by atoms with Gasteiger partial charge in [-0.1, -0.05) is 0 Å². The number of rotatable bonds is 7. The fraction of sp³-hybridized carbons (Fsp3) is 0.842. The molecule has 2 heterocycles. The molecule has 152 valence electrons. The van der Waals surface area contributed by atoms with Crippen LogP contribution in [-0.2, 0) is 20.8 Å². The standard InChI is InChI=1S/C19H33N5O3/c1-13(2)24-12-21-23-18(24)11-20-19(25)14-4-5-16(17(10-14)26-3)22-15-6-8-27-9-7-15/h12-17,22H,4-11H2,1-3H3,(H,20,25)/t14-,16+,17+/m0/s1. The van der Waals surface area contributed by atoms with Gasteiger partial charge in [0.05, 0.1) is 12.6 Å². The molecule has 0 spiro atoms. The highest BCUT2D eigenvalue weighted by Gasteiger charge is 2.35. The summed E-state index contributed by atoms with van der Waals surface area (Å²) in [4.78, 5) is 12.7. The van der Waals surface area contributed by atoms with Crippen molar-refractivity contribution < 1.29 is 14.3 Å². The van der Waals surface area contributed by atoms with Crippen LogP contribution in [-0.4, -0.2) is 59.2 Å². The minimum absolute atomic E-state index is 0.0156. The van der Waals surface area contributed by atoms with Gasteiger partial charge in [-0.05, 0) is 46.0 Å². The van der Waals surface area contributed by atoms with Gasteiger partial charge in [0, 0.05) is 44.4 Å². The Bertz CT molecular complexity index is 600. The molecule has 1 saturated heterocycles. The number of amides is 1. The number of ether oxygens (including phenoxy) is 2. The Morgan fingerprint density at radius 2 is 2.11 bits per heavy atom. The minimum Gasteiger partial charge on any atom is -0.381 e. The second-order valence-electron chi connectivity index (χ2n) is 7.91. The molecule has 1 saturated carbocycles. The van der Waals surface area contributed by atoms with Crippen LogP contribution in [0.25, 0.3) is 0 Å². The summed E-state index contributed by atoms with van der Waals surface area (Å²) in [7, 11) is 1.74. The van der Waals surface area contributed by atoms with Crippen molar-refractivity contribution in [1.29, 1.82) is 0 Å². The first-order chi connectivity index (χ1) is 13.1. The van der Waals surface area contributed by atoms with Gasteiger partial charge in [0.15, 0.2) is 5.82 Å². The fourth-order valence-corrected chi connectivity index (χ4v) is 4.12. The molecule has 0 radical (unpaired) electrons. The van der Waals surface area contributed by atoms with Gasteiger partial charge >= 0.3 is 0 Å². The van der Waals surface area contributed by atoms with Crippen molar-refractivity contribution in [3.8, 4) is 0 Å². The molecular formula is C19H33N5O3. The van der Waals surface area contributed by atoms with Crippen LogP contribution in [0, 0.1) is 5.92 Å². The predicted octanol–water partition coefficient (Wildman–Crippen LogP) is 1.43. The quantitative estimate of drug-likeness (QED) is 0.745. The van der Waals surface area contributed by atoms with Gasteiger partial charge in [-0.15, -0.1) is 10.2 Å². The van der Waals surface area contributed by atoms with Gasteiger partial charge in [0.1, 0.15) is 6.33 Å². The Balaban J connectivity index is 1.49. The van der Waals surface area contributed by atoms with Crippen molar-refractivity contribution in [3.63, 3.8) is 0 Å². The number of carbonyl (C=O) groups is 1. The molecule has 1 aliphatic heterocycles. The molecule has 2 aliphatic rings. The number of nitrogens with one attached hydrogen (secondary N) is 2. The largest absolute Gasteiger partial charge is 0.381 e. The molecular weight excluding hydrogens is 346 g/mol. The minimum atomic E-state index is -0.0156. The molecule has 3 rings (SSSR count). The van der Waals surface area contributed by atoms with Crippen LogP contribution in [0.4, 0.5) is 0 Å². The van der Waals surface area contributed by atoms with Crippen LogP contribution < -0.4 is 10.6 Å². The lowest BCUT2D eigenvalue weighted by Gasteiger charge is -2.38. The van der Waals surface area contributed by atoms with Crippen molar-refractivity contribution in [1.82, 2.24) is 25.4 Å². The highest BCUT2D eigenvalue weighted by atomic mass is 16.5. The van der Waals surface area contributed by atoms with Crippen LogP contribution in [0.15, 0.2) is 6.33 Å². The molecule has 1 aliphatic carbocycles. The first-order valence-electron chi connectivity index (χ1n) is 10.1. The van der Waals surface area contributed by atoms with Crippen LogP contribution in [0.1, 0.15) is 57.8 Å². The second-order valence-corrected chi connectivity index (χ2v) is 7.91. The zero-order valence-corrected chi connectivity index (χ0v) is 16.7. The molecule has 1 aromatic rings. The first-order valence-corrected chi connectivity index (χ1v) is 10.1. The zero-order chi connectivity index (χ0) is 19.2. The average Bonchev–Trinajstić information content (AvgIpc) is 3.16. The monoisotopic (exact) mass is 379 g/mol. The van der Waals surface area contributed by atoms with E-state index in [4.69, 9.17) is 9.47 Å². The van der Waals surface area contributed by atoms with E-state index < -0.39 is 0 Å². The summed E-state index contributed by atoms with van der Waals surface area (Å²) in [5.74, 6) is 0.856. The lowest BCUT2D eigenvalue weighted by atomic mass is 9.82. The SMILES string of the molecule is CO[C@@H]1C[C@@H](C(=O)NCc2nncn2C(C)C)CC[C@H]1NC1CCOCC1. The van der Waals surface area contributed by atoms with Crippen molar-refractivity contribution in [3.05, 3.63) is 12.2 Å². The van der Waals surface area contributed by atoms with Crippen molar-refractivity contribution in [2.24, 2.45) is 5.92 Å². The summed E-state index contributed by atoms with van der Waals surface area (Å²) in [5, 5.41) is 14.8. The molecule has 0 aromatic carbocycles. The molecule has 3 atom stereocenters. The third-order valence-corrected chi connectivity index (χ3v) is 5.76. The van der Waals surface area contributed by atoms with Gasteiger partial charge in [-0.2, -0.15) is 0 Å². The molecule has 2 fully saturated rings. The van der Waals surface area contributed by atoms with Crippen molar-refractivity contribution >= 4 is 5.91 Å². The Kier molecular flexibility index (Phi) is 7.20. The third kappa shape index (κ3) is 5.27. The van der Waals surface area contributed by atoms with Crippen molar-refractivity contribution in [2.45, 2.75) is 76.7 Å². The summed E-state index contributed by atoms with van der Waals surface area (Å²) < 4.78 is 13.1. The van der Waals surface area contributed by atoms with Gasteiger partial charge < -0.3 is 24.7 Å². The van der Waals surface area contributed by atoms with Crippen molar-refractivity contribution in [2.75, 3.05) is 20.3 Å². The first kappa shape index (κ1) is 20.2. The molecule has 1 aromatic heterocycles. The second kappa shape index (κ2) is 9.61. The molecule has 8 nitrogen and oxygen atoms in total. The smallest absolute Gasteiger partial charge is 0.223 e. The summed E-state index contributed by atoms with van der Waals surface area (Å²) >= 11 is 0. The lowest BCUT2D eigenvalue weighted by Crippen LogP contribution is -2.52. The summed E-state index contributed by atoms with van der Waals surface area (Å²) in [6.45, 7) is 6.21. The topological polar surface area (TPSA) is 90.3 Å². The molecule has 8 heteroatoms. The van der Waals surface area contributed by atoms with Crippen LogP contribution in [0.2, 0.25) is 0 Å². The van der Waals surface area contributed by atoms with E-state index in [2.05, 4.69) is 34.7 Å². The van der Waals surface area contributed by atoms with E-state index in [0.717, 1.165) is 51.1 Å². The number of carbonyl (C=O) groups excluding carboxylic acids is 1. The Morgan fingerprint density at radius 3 is 2.81 bits per heavy atom. The Hall–Kier alpha value is -1.51. The third-order valence-electron chi connectivity index (χ3n) is 5.76. The molecule has 0 unspecified atom stereocenters. The maximum atomic E-state index is 12.7. The lowest BCUT2D eigenvalue weighted by molar-refractivity contribution is -0.128.